The van der Waals surface area contributed by atoms with Gasteiger partial charge in [-0.15, -0.1) is 19.7 Å². The Balaban J connectivity index is 4.95. The maximum atomic E-state index is 11.2. The van der Waals surface area contributed by atoms with Gasteiger partial charge in [0.1, 0.15) is 6.23 Å². The summed E-state index contributed by atoms with van der Waals surface area (Å²) in [7, 11) is -5.42. The lowest BCUT2D eigenvalue weighted by atomic mass is 10.7. The van der Waals surface area contributed by atoms with Crippen molar-refractivity contribution in [2.45, 2.75) is 13.1 Å². The van der Waals surface area contributed by atoms with Crippen LogP contribution in [0.1, 0.15) is 0 Å². The summed E-state index contributed by atoms with van der Waals surface area (Å²) >= 11 is 0. The fourth-order valence-electron chi connectivity index (χ4n) is 1.38. The molecule has 21 heavy (non-hydrogen) atoms. The minimum absolute atomic E-state index is 0.0412. The van der Waals surface area contributed by atoms with Crippen LogP contribution in [0.3, 0.4) is 0 Å². The Morgan fingerprint density at radius 1 is 1.05 bits per heavy atom. The Hall–Kier alpha value is -1.26. The molecule has 0 aromatic rings. The van der Waals surface area contributed by atoms with Crippen LogP contribution in [0.15, 0.2) is 50.2 Å². The van der Waals surface area contributed by atoms with Crippen molar-refractivity contribution >= 4 is 23.1 Å². The summed E-state index contributed by atoms with van der Waals surface area (Å²) in [6, 6.07) is 0. The van der Waals surface area contributed by atoms with E-state index in [1.165, 1.54) is 0 Å². The monoisotopic (exact) mass is 328 g/mol. The Labute approximate surface area is 129 Å². The molecule has 0 saturated heterocycles. The SMILES string of the molecule is C=CCO[Si](C)(C=C)O[Si](C)(COC(=O)C=C)OCC=C. The molecule has 2 unspecified atom stereocenters. The van der Waals surface area contributed by atoms with Crippen LogP contribution in [-0.4, -0.2) is 42.5 Å². The third-order valence-corrected chi connectivity index (χ3v) is 8.70. The molecule has 7 heteroatoms. The molecule has 0 aliphatic rings. The highest BCUT2D eigenvalue weighted by Gasteiger charge is 2.42. The predicted octanol–water partition coefficient (Wildman–Crippen LogP) is 2.55. The molecule has 2 atom stereocenters. The van der Waals surface area contributed by atoms with Gasteiger partial charge in [0.15, 0.2) is 0 Å². The quantitative estimate of drug-likeness (QED) is 0.238. The zero-order valence-corrected chi connectivity index (χ0v) is 14.8. The van der Waals surface area contributed by atoms with Crippen molar-refractivity contribution in [1.29, 1.82) is 0 Å². The van der Waals surface area contributed by atoms with Gasteiger partial charge in [0.25, 0.3) is 0 Å². The van der Waals surface area contributed by atoms with Crippen molar-refractivity contribution < 1.29 is 22.5 Å². The molecule has 5 nitrogen and oxygen atoms in total. The molecular formula is C14H24O5Si2. The number of hydrogen-bond donors (Lipinski definition) is 0. The molecule has 0 radical (unpaired) electrons. The number of carbonyl (C=O) groups is 1. The van der Waals surface area contributed by atoms with Crippen LogP contribution in [0, 0.1) is 0 Å². The van der Waals surface area contributed by atoms with Crippen molar-refractivity contribution in [1.82, 2.24) is 0 Å². The first kappa shape index (κ1) is 19.7. The third-order valence-electron chi connectivity index (χ3n) is 2.43. The number of esters is 1. The number of carbonyl (C=O) groups excluding carboxylic acids is 1. The van der Waals surface area contributed by atoms with Crippen LogP contribution in [0.2, 0.25) is 13.1 Å². The standard InChI is InChI=1S/C14H24O5Si2/c1-7-11-17-20(5,10-4)19-21(6,18-12-8-2)13-16-14(15)9-3/h7-10H,1-4,11-13H2,5-6H3. The van der Waals surface area contributed by atoms with Gasteiger partial charge in [0.2, 0.25) is 0 Å². The van der Waals surface area contributed by atoms with Gasteiger partial charge in [-0.05, 0) is 13.1 Å². The first-order valence-electron chi connectivity index (χ1n) is 6.47. The maximum Gasteiger partial charge on any atom is 0.365 e. The molecule has 118 valence electrons. The lowest BCUT2D eigenvalue weighted by molar-refractivity contribution is -0.136. The molecule has 0 N–H and O–H groups in total. The molecule has 0 aromatic carbocycles. The summed E-state index contributed by atoms with van der Waals surface area (Å²) in [5.74, 6) is -0.520. The lowest BCUT2D eigenvalue weighted by Crippen LogP contribution is -2.54. The molecule has 0 aliphatic carbocycles. The van der Waals surface area contributed by atoms with Gasteiger partial charge in [-0.1, -0.05) is 24.4 Å². The molecule has 0 bridgehead atoms. The van der Waals surface area contributed by atoms with E-state index >= 15 is 0 Å². The fraction of sp³-hybridized carbons (Fsp3) is 0.357. The van der Waals surface area contributed by atoms with E-state index in [0.717, 1.165) is 6.08 Å². The first-order valence-corrected chi connectivity index (χ1v) is 11.4. The van der Waals surface area contributed by atoms with Crippen LogP contribution >= 0.6 is 0 Å². The minimum Gasteiger partial charge on any atom is -0.461 e. The van der Waals surface area contributed by atoms with Crippen LogP contribution in [0.4, 0.5) is 0 Å². The second kappa shape index (κ2) is 9.64. The van der Waals surface area contributed by atoms with Gasteiger partial charge < -0.3 is 17.7 Å². The molecule has 0 heterocycles. The van der Waals surface area contributed by atoms with E-state index < -0.39 is 23.1 Å². The Kier molecular flexibility index (Phi) is 9.06. The number of hydrogen-bond acceptors (Lipinski definition) is 5. The molecule has 0 fully saturated rings. The molecule has 0 amide bonds. The van der Waals surface area contributed by atoms with Crippen LogP contribution in [0.5, 0.6) is 0 Å². The summed E-state index contributed by atoms with van der Waals surface area (Å²) in [4.78, 5) is 11.2. The number of ether oxygens (including phenoxy) is 1. The summed E-state index contributed by atoms with van der Waals surface area (Å²) in [5, 5.41) is 0. The predicted molar refractivity (Wildman–Crippen MR) is 88.0 cm³/mol. The van der Waals surface area contributed by atoms with Crippen molar-refractivity contribution in [3.05, 3.63) is 50.2 Å². The van der Waals surface area contributed by atoms with Crippen LogP contribution in [0.25, 0.3) is 0 Å². The van der Waals surface area contributed by atoms with Gasteiger partial charge in [-0.2, -0.15) is 0 Å². The normalized spacial score (nSPS) is 16.1. The van der Waals surface area contributed by atoms with E-state index in [9.17, 15) is 4.79 Å². The average Bonchev–Trinajstić information content (AvgIpc) is 2.48. The van der Waals surface area contributed by atoms with Gasteiger partial charge in [0.05, 0.1) is 13.2 Å². The molecular weight excluding hydrogens is 304 g/mol. The molecule has 0 rings (SSSR count). The van der Waals surface area contributed by atoms with Crippen LogP contribution < -0.4 is 0 Å². The Morgan fingerprint density at radius 2 is 1.62 bits per heavy atom. The summed E-state index contributed by atoms with van der Waals surface area (Å²) < 4.78 is 22.6. The highest BCUT2D eigenvalue weighted by atomic mass is 28.5. The van der Waals surface area contributed by atoms with Crippen LogP contribution in [-0.2, 0) is 22.5 Å². The van der Waals surface area contributed by atoms with Gasteiger partial charge in [-0.3, -0.25) is 0 Å². The van der Waals surface area contributed by atoms with Crippen molar-refractivity contribution in [3.63, 3.8) is 0 Å². The van der Waals surface area contributed by atoms with E-state index in [1.54, 1.807) is 24.4 Å². The smallest absolute Gasteiger partial charge is 0.365 e. The summed E-state index contributed by atoms with van der Waals surface area (Å²) in [6.07, 6.45) is 4.39. The third kappa shape index (κ3) is 7.93. The zero-order chi connectivity index (χ0) is 16.4. The highest BCUT2D eigenvalue weighted by molar-refractivity contribution is 6.82. The van der Waals surface area contributed by atoms with Crippen molar-refractivity contribution in [2.75, 3.05) is 19.4 Å². The Morgan fingerprint density at radius 3 is 2.10 bits per heavy atom. The van der Waals surface area contributed by atoms with Gasteiger partial charge >= 0.3 is 23.1 Å². The first-order chi connectivity index (χ1) is 9.84. The van der Waals surface area contributed by atoms with Crippen molar-refractivity contribution in [3.8, 4) is 0 Å². The van der Waals surface area contributed by atoms with Gasteiger partial charge in [0, 0.05) is 6.08 Å². The summed E-state index contributed by atoms with van der Waals surface area (Å²) in [6.45, 7) is 18.6. The molecule has 0 aromatic heterocycles. The minimum atomic E-state index is -2.79. The van der Waals surface area contributed by atoms with Crippen molar-refractivity contribution in [2.24, 2.45) is 0 Å². The highest BCUT2D eigenvalue weighted by Crippen LogP contribution is 2.19. The van der Waals surface area contributed by atoms with E-state index in [0.29, 0.717) is 13.2 Å². The number of rotatable bonds is 12. The summed E-state index contributed by atoms with van der Waals surface area (Å²) in [5.41, 5.74) is 1.66. The average molecular weight is 329 g/mol. The van der Waals surface area contributed by atoms with E-state index in [1.807, 2.05) is 6.55 Å². The molecule has 0 spiro atoms. The lowest BCUT2D eigenvalue weighted by Gasteiger charge is -2.34. The maximum absolute atomic E-state index is 11.2. The van der Waals surface area contributed by atoms with E-state index in [2.05, 4.69) is 26.3 Å². The second-order valence-electron chi connectivity index (χ2n) is 4.47. The topological polar surface area (TPSA) is 54.0 Å². The Bertz CT molecular complexity index is 399. The fourth-order valence-corrected chi connectivity index (χ4v) is 7.37. The zero-order valence-electron chi connectivity index (χ0n) is 12.8. The van der Waals surface area contributed by atoms with E-state index in [-0.39, 0.29) is 6.23 Å². The second-order valence-corrected chi connectivity index (χ2v) is 10.9. The van der Waals surface area contributed by atoms with E-state index in [4.69, 9.17) is 17.7 Å². The molecule has 0 aliphatic heterocycles. The molecule has 0 saturated carbocycles. The largest absolute Gasteiger partial charge is 0.461 e. The van der Waals surface area contributed by atoms with Gasteiger partial charge in [-0.25, -0.2) is 4.79 Å².